The summed E-state index contributed by atoms with van der Waals surface area (Å²) in [4.78, 5) is 12.7. The van der Waals surface area contributed by atoms with Crippen LogP contribution in [0, 0.1) is 0 Å². The topological polar surface area (TPSA) is 68.9 Å². The van der Waals surface area contributed by atoms with Crippen molar-refractivity contribution in [3.8, 4) is 16.9 Å². The van der Waals surface area contributed by atoms with E-state index in [1.165, 1.54) is 6.26 Å². The zero-order valence-electron chi connectivity index (χ0n) is 14.0. The molecule has 5 heteroatoms. The van der Waals surface area contributed by atoms with Gasteiger partial charge in [0.05, 0.1) is 17.6 Å². The van der Waals surface area contributed by atoms with Gasteiger partial charge in [0.15, 0.2) is 5.43 Å². The number of aliphatic hydroxyl groups excluding tert-OH is 1. The van der Waals surface area contributed by atoms with Gasteiger partial charge < -0.3 is 19.0 Å². The molecule has 0 unspecified atom stereocenters. The van der Waals surface area contributed by atoms with Crippen LogP contribution in [0.1, 0.15) is 6.92 Å². The molecule has 0 fully saturated rings. The maximum Gasteiger partial charge on any atom is 0.200 e. The lowest BCUT2D eigenvalue weighted by Crippen LogP contribution is -2.23. The third-order valence-electron chi connectivity index (χ3n) is 3.79. The Labute approximate surface area is 145 Å². The van der Waals surface area contributed by atoms with E-state index in [9.17, 15) is 9.90 Å². The molecule has 1 atom stereocenters. The molecule has 0 aliphatic heterocycles. The molecule has 0 saturated carbocycles. The number of rotatable bonds is 7. The van der Waals surface area contributed by atoms with Crippen molar-refractivity contribution < 1.29 is 19.0 Å². The van der Waals surface area contributed by atoms with Gasteiger partial charge >= 0.3 is 0 Å². The van der Waals surface area contributed by atoms with Crippen LogP contribution in [0.5, 0.6) is 5.75 Å². The van der Waals surface area contributed by atoms with Crippen molar-refractivity contribution in [1.82, 2.24) is 0 Å². The van der Waals surface area contributed by atoms with Gasteiger partial charge in [-0.2, -0.15) is 0 Å². The van der Waals surface area contributed by atoms with E-state index in [0.29, 0.717) is 28.9 Å². The van der Waals surface area contributed by atoms with E-state index in [1.54, 1.807) is 18.2 Å². The van der Waals surface area contributed by atoms with Crippen molar-refractivity contribution in [2.24, 2.45) is 0 Å². The van der Waals surface area contributed by atoms with Crippen molar-refractivity contribution in [3.63, 3.8) is 0 Å². The van der Waals surface area contributed by atoms with Crippen LogP contribution in [-0.4, -0.2) is 31.0 Å². The van der Waals surface area contributed by atoms with Crippen LogP contribution in [0.25, 0.3) is 22.1 Å². The Bertz CT molecular complexity index is 885. The fourth-order valence-electron chi connectivity index (χ4n) is 2.51. The molecule has 0 bridgehead atoms. The van der Waals surface area contributed by atoms with Gasteiger partial charge in [-0.15, -0.1) is 0 Å². The smallest absolute Gasteiger partial charge is 0.200 e. The van der Waals surface area contributed by atoms with E-state index in [1.807, 2.05) is 37.3 Å². The van der Waals surface area contributed by atoms with Crippen molar-refractivity contribution >= 4 is 11.0 Å². The number of ether oxygens (including phenoxy) is 2. The van der Waals surface area contributed by atoms with Gasteiger partial charge in [0.25, 0.3) is 0 Å². The molecule has 0 aliphatic rings. The van der Waals surface area contributed by atoms with Crippen molar-refractivity contribution in [1.29, 1.82) is 0 Å². The second-order valence-electron chi connectivity index (χ2n) is 5.63. The van der Waals surface area contributed by atoms with Crippen LogP contribution in [0.3, 0.4) is 0 Å². The number of aliphatic hydroxyl groups is 1. The van der Waals surface area contributed by atoms with Gasteiger partial charge in [0, 0.05) is 12.7 Å². The second-order valence-corrected chi connectivity index (χ2v) is 5.63. The molecule has 5 nitrogen and oxygen atoms in total. The molecule has 3 rings (SSSR count). The molecule has 0 spiro atoms. The average molecular weight is 340 g/mol. The lowest BCUT2D eigenvalue weighted by atomic mass is 10.1. The third-order valence-corrected chi connectivity index (χ3v) is 3.79. The number of hydrogen-bond acceptors (Lipinski definition) is 5. The largest absolute Gasteiger partial charge is 0.491 e. The lowest BCUT2D eigenvalue weighted by Gasteiger charge is -2.12. The summed E-state index contributed by atoms with van der Waals surface area (Å²) in [5, 5.41) is 10.2. The SMILES string of the molecule is CCOC[C@H](O)COc1ccc2c(=O)c(-c3ccccc3)coc2c1. The molecule has 1 heterocycles. The predicted octanol–water partition coefficient (Wildman–Crippen LogP) is 3.24. The summed E-state index contributed by atoms with van der Waals surface area (Å²) < 4.78 is 16.3. The van der Waals surface area contributed by atoms with Gasteiger partial charge in [0.2, 0.25) is 0 Å². The van der Waals surface area contributed by atoms with E-state index < -0.39 is 6.10 Å². The summed E-state index contributed by atoms with van der Waals surface area (Å²) in [6.45, 7) is 2.74. The molecule has 2 aromatic carbocycles. The zero-order valence-corrected chi connectivity index (χ0v) is 14.0. The van der Waals surface area contributed by atoms with Crippen LogP contribution in [0.15, 0.2) is 64.0 Å². The second kappa shape index (κ2) is 7.96. The highest BCUT2D eigenvalue weighted by molar-refractivity contribution is 5.82. The molecule has 0 radical (unpaired) electrons. The molecule has 1 aromatic heterocycles. The minimum Gasteiger partial charge on any atom is -0.491 e. The summed E-state index contributed by atoms with van der Waals surface area (Å²) in [6.07, 6.45) is 0.761. The van der Waals surface area contributed by atoms with E-state index in [4.69, 9.17) is 13.9 Å². The van der Waals surface area contributed by atoms with Gasteiger partial charge in [-0.3, -0.25) is 4.79 Å². The average Bonchev–Trinajstić information content (AvgIpc) is 2.65. The number of hydrogen-bond donors (Lipinski definition) is 1. The Balaban J connectivity index is 1.81. The summed E-state index contributed by atoms with van der Waals surface area (Å²) in [7, 11) is 0. The molecule has 0 saturated heterocycles. The first kappa shape index (κ1) is 17.2. The predicted molar refractivity (Wildman–Crippen MR) is 95.9 cm³/mol. The molecule has 0 aliphatic carbocycles. The first-order chi connectivity index (χ1) is 12.2. The summed E-state index contributed by atoms with van der Waals surface area (Å²) >= 11 is 0. The van der Waals surface area contributed by atoms with Crippen molar-refractivity contribution in [2.45, 2.75) is 13.0 Å². The van der Waals surface area contributed by atoms with E-state index in [0.717, 1.165) is 5.56 Å². The molecule has 25 heavy (non-hydrogen) atoms. The Morgan fingerprint density at radius 2 is 1.92 bits per heavy atom. The number of benzene rings is 2. The Hall–Kier alpha value is -2.63. The minimum absolute atomic E-state index is 0.0876. The molecular weight excluding hydrogens is 320 g/mol. The standard InChI is InChI=1S/C20H20O5/c1-2-23-11-15(21)12-24-16-8-9-17-19(10-16)25-13-18(20(17)22)14-6-4-3-5-7-14/h3-10,13,15,21H,2,11-12H2,1H3/t15-/m0/s1. The fourth-order valence-corrected chi connectivity index (χ4v) is 2.51. The minimum atomic E-state index is -0.705. The molecule has 3 aromatic rings. The monoisotopic (exact) mass is 340 g/mol. The highest BCUT2D eigenvalue weighted by Gasteiger charge is 2.11. The Kier molecular flexibility index (Phi) is 5.48. The molecular formula is C20H20O5. The summed E-state index contributed by atoms with van der Waals surface area (Å²) in [6, 6.07) is 14.4. The Morgan fingerprint density at radius 1 is 1.12 bits per heavy atom. The quantitative estimate of drug-likeness (QED) is 0.715. The van der Waals surface area contributed by atoms with Crippen LogP contribution >= 0.6 is 0 Å². The zero-order chi connectivity index (χ0) is 17.6. The van der Waals surface area contributed by atoms with Crippen molar-refractivity contribution in [2.75, 3.05) is 19.8 Å². The summed E-state index contributed by atoms with van der Waals surface area (Å²) in [5.41, 5.74) is 1.70. The van der Waals surface area contributed by atoms with Crippen LogP contribution in [-0.2, 0) is 4.74 Å². The van der Waals surface area contributed by atoms with E-state index in [2.05, 4.69) is 0 Å². The van der Waals surface area contributed by atoms with Crippen LogP contribution in [0.4, 0.5) is 0 Å². The lowest BCUT2D eigenvalue weighted by molar-refractivity contribution is 0.0164. The highest BCUT2D eigenvalue weighted by atomic mass is 16.5. The van der Waals surface area contributed by atoms with Crippen LogP contribution < -0.4 is 10.2 Å². The third kappa shape index (κ3) is 4.07. The normalized spacial score (nSPS) is 12.2. The number of fused-ring (bicyclic) bond motifs is 1. The van der Waals surface area contributed by atoms with Gasteiger partial charge in [-0.1, -0.05) is 30.3 Å². The molecule has 1 N–H and O–H groups in total. The first-order valence-electron chi connectivity index (χ1n) is 8.18. The van der Waals surface area contributed by atoms with Gasteiger partial charge in [-0.25, -0.2) is 0 Å². The fraction of sp³-hybridized carbons (Fsp3) is 0.250. The summed E-state index contributed by atoms with van der Waals surface area (Å²) in [5.74, 6) is 0.527. The van der Waals surface area contributed by atoms with Crippen molar-refractivity contribution in [3.05, 3.63) is 65.0 Å². The van der Waals surface area contributed by atoms with E-state index in [-0.39, 0.29) is 18.6 Å². The van der Waals surface area contributed by atoms with Gasteiger partial charge in [0.1, 0.15) is 30.3 Å². The maximum atomic E-state index is 12.7. The Morgan fingerprint density at radius 3 is 2.68 bits per heavy atom. The van der Waals surface area contributed by atoms with Crippen LogP contribution in [0.2, 0.25) is 0 Å². The maximum absolute atomic E-state index is 12.7. The molecule has 130 valence electrons. The highest BCUT2D eigenvalue weighted by Crippen LogP contribution is 2.23. The van der Waals surface area contributed by atoms with E-state index >= 15 is 0 Å². The first-order valence-corrected chi connectivity index (χ1v) is 8.18. The van der Waals surface area contributed by atoms with Gasteiger partial charge in [-0.05, 0) is 24.6 Å². The molecule has 0 amide bonds.